The highest BCUT2D eigenvalue weighted by Crippen LogP contribution is 1.94. The molecular formula is C8H9NO. The molecule has 0 unspecified atom stereocenters. The van der Waals surface area contributed by atoms with Crippen molar-refractivity contribution < 1.29 is 4.74 Å². The first-order chi connectivity index (χ1) is 4.93. The molecule has 0 saturated heterocycles. The maximum Gasteiger partial charge on any atom is 0.0846 e. The minimum atomic E-state index is 0.907. The molecule has 0 saturated carbocycles. The smallest absolute Gasteiger partial charge is 0.0846 e. The van der Waals surface area contributed by atoms with Gasteiger partial charge in [-0.15, -0.1) is 0 Å². The van der Waals surface area contributed by atoms with Gasteiger partial charge in [-0.25, -0.2) is 0 Å². The van der Waals surface area contributed by atoms with E-state index in [0.29, 0.717) is 0 Å². The fourth-order valence-electron chi connectivity index (χ4n) is 0.612. The molecule has 52 valence electrons. The van der Waals surface area contributed by atoms with Crippen molar-refractivity contribution in [1.82, 2.24) is 4.98 Å². The fraction of sp³-hybridized carbons (Fsp3) is 0.125. The number of aromatic nitrogens is 1. The van der Waals surface area contributed by atoms with E-state index in [9.17, 15) is 0 Å². The van der Waals surface area contributed by atoms with Crippen LogP contribution in [0.1, 0.15) is 5.69 Å². The molecule has 0 aliphatic heterocycles. The molecule has 0 spiro atoms. The molecule has 0 fully saturated rings. The highest BCUT2D eigenvalue weighted by molar-refractivity contribution is 5.42. The first-order valence-corrected chi connectivity index (χ1v) is 3.04. The number of nitrogens with zero attached hydrogens (tertiary/aromatic N) is 1. The van der Waals surface area contributed by atoms with E-state index >= 15 is 0 Å². The molecule has 1 rings (SSSR count). The van der Waals surface area contributed by atoms with Gasteiger partial charge in [-0.05, 0) is 18.2 Å². The topological polar surface area (TPSA) is 22.1 Å². The molecule has 2 nitrogen and oxygen atoms in total. The summed E-state index contributed by atoms with van der Waals surface area (Å²) in [6, 6.07) is 5.72. The number of ether oxygens (including phenoxy) is 1. The zero-order chi connectivity index (χ0) is 7.23. The molecule has 0 aromatic carbocycles. The Morgan fingerprint density at radius 2 is 2.40 bits per heavy atom. The normalized spacial score (nSPS) is 10.1. The lowest BCUT2D eigenvalue weighted by molar-refractivity contribution is 0.341. The van der Waals surface area contributed by atoms with Crippen molar-refractivity contribution >= 4 is 6.08 Å². The second-order valence-electron chi connectivity index (χ2n) is 1.79. The van der Waals surface area contributed by atoms with Crippen LogP contribution >= 0.6 is 0 Å². The molecule has 0 aliphatic carbocycles. The van der Waals surface area contributed by atoms with Crippen molar-refractivity contribution in [2.45, 2.75) is 0 Å². The summed E-state index contributed by atoms with van der Waals surface area (Å²) >= 11 is 0. The summed E-state index contributed by atoms with van der Waals surface area (Å²) in [5.74, 6) is 0. The fourth-order valence-corrected chi connectivity index (χ4v) is 0.612. The quantitative estimate of drug-likeness (QED) is 0.576. The lowest BCUT2D eigenvalue weighted by atomic mass is 10.3. The Bertz CT molecular complexity index is 206. The van der Waals surface area contributed by atoms with Crippen LogP contribution in [0.2, 0.25) is 0 Å². The number of hydrogen-bond donors (Lipinski definition) is 0. The maximum atomic E-state index is 4.73. The second-order valence-corrected chi connectivity index (χ2v) is 1.79. The molecule has 1 heterocycles. The zero-order valence-electron chi connectivity index (χ0n) is 5.82. The van der Waals surface area contributed by atoms with Crippen molar-refractivity contribution in [1.29, 1.82) is 0 Å². The first kappa shape index (κ1) is 6.81. The Hall–Kier alpha value is -1.31. The van der Waals surface area contributed by atoms with Gasteiger partial charge in [0.1, 0.15) is 0 Å². The third kappa shape index (κ3) is 1.90. The Labute approximate surface area is 60.2 Å². The molecule has 0 atom stereocenters. The van der Waals surface area contributed by atoms with Crippen LogP contribution in [-0.4, -0.2) is 12.1 Å². The van der Waals surface area contributed by atoms with Crippen LogP contribution in [0.25, 0.3) is 6.08 Å². The van der Waals surface area contributed by atoms with E-state index in [2.05, 4.69) is 4.98 Å². The van der Waals surface area contributed by atoms with Crippen LogP contribution in [-0.2, 0) is 4.74 Å². The SMILES string of the molecule is CO/C=C\c1ccccn1. The van der Waals surface area contributed by atoms with Gasteiger partial charge >= 0.3 is 0 Å². The minimum Gasteiger partial charge on any atom is -0.504 e. The highest BCUT2D eigenvalue weighted by atomic mass is 16.5. The lowest BCUT2D eigenvalue weighted by Gasteiger charge is -1.88. The number of methoxy groups -OCH3 is 1. The standard InChI is InChI=1S/C8H9NO/c1-10-7-5-8-4-2-3-6-9-8/h2-7H,1H3/b7-5-. The van der Waals surface area contributed by atoms with Gasteiger partial charge in [-0.2, -0.15) is 0 Å². The summed E-state index contributed by atoms with van der Waals surface area (Å²) in [4.78, 5) is 4.05. The van der Waals surface area contributed by atoms with E-state index in [0.717, 1.165) is 5.69 Å². The van der Waals surface area contributed by atoms with E-state index in [1.165, 1.54) is 0 Å². The molecule has 0 amide bonds. The van der Waals surface area contributed by atoms with Crippen LogP contribution in [0, 0.1) is 0 Å². The summed E-state index contributed by atoms with van der Waals surface area (Å²) in [6.07, 6.45) is 5.15. The van der Waals surface area contributed by atoms with Crippen molar-refractivity contribution in [3.05, 3.63) is 36.4 Å². The Morgan fingerprint density at radius 3 is 3.00 bits per heavy atom. The van der Waals surface area contributed by atoms with Gasteiger partial charge in [0, 0.05) is 6.20 Å². The Balaban J connectivity index is 2.67. The largest absolute Gasteiger partial charge is 0.504 e. The van der Waals surface area contributed by atoms with Crippen molar-refractivity contribution in [3.8, 4) is 0 Å². The van der Waals surface area contributed by atoms with Crippen molar-refractivity contribution in [2.24, 2.45) is 0 Å². The van der Waals surface area contributed by atoms with Gasteiger partial charge in [0.2, 0.25) is 0 Å². The molecule has 10 heavy (non-hydrogen) atoms. The summed E-state index contributed by atoms with van der Waals surface area (Å²) in [5.41, 5.74) is 0.907. The molecule has 0 bridgehead atoms. The number of rotatable bonds is 2. The average Bonchev–Trinajstić information content (AvgIpc) is 2.03. The molecule has 0 aliphatic rings. The van der Waals surface area contributed by atoms with Gasteiger partial charge in [0.15, 0.2) is 0 Å². The van der Waals surface area contributed by atoms with E-state index in [1.807, 2.05) is 18.2 Å². The number of hydrogen-bond acceptors (Lipinski definition) is 2. The Morgan fingerprint density at radius 1 is 1.50 bits per heavy atom. The molecule has 0 N–H and O–H groups in total. The van der Waals surface area contributed by atoms with Gasteiger partial charge in [-0.3, -0.25) is 4.98 Å². The zero-order valence-corrected chi connectivity index (χ0v) is 5.82. The third-order valence-electron chi connectivity index (χ3n) is 1.06. The highest BCUT2D eigenvalue weighted by Gasteiger charge is 1.81. The Kier molecular flexibility index (Phi) is 2.49. The second kappa shape index (κ2) is 3.67. The third-order valence-corrected chi connectivity index (χ3v) is 1.06. The molecule has 1 aromatic heterocycles. The molecule has 0 radical (unpaired) electrons. The van der Waals surface area contributed by atoms with Gasteiger partial charge in [0.05, 0.1) is 19.1 Å². The van der Waals surface area contributed by atoms with Gasteiger partial charge in [-0.1, -0.05) is 6.07 Å². The van der Waals surface area contributed by atoms with E-state index in [4.69, 9.17) is 4.74 Å². The maximum absolute atomic E-state index is 4.73. The lowest BCUT2D eigenvalue weighted by Crippen LogP contribution is -1.76. The summed E-state index contributed by atoms with van der Waals surface area (Å²) in [7, 11) is 1.61. The number of pyridine rings is 1. The van der Waals surface area contributed by atoms with Crippen LogP contribution < -0.4 is 0 Å². The van der Waals surface area contributed by atoms with Crippen molar-refractivity contribution in [3.63, 3.8) is 0 Å². The monoisotopic (exact) mass is 135 g/mol. The predicted octanol–water partition coefficient (Wildman–Crippen LogP) is 1.70. The van der Waals surface area contributed by atoms with Crippen LogP contribution in [0.4, 0.5) is 0 Å². The van der Waals surface area contributed by atoms with Gasteiger partial charge in [0.25, 0.3) is 0 Å². The first-order valence-electron chi connectivity index (χ1n) is 3.04. The van der Waals surface area contributed by atoms with Gasteiger partial charge < -0.3 is 4.74 Å². The molecular weight excluding hydrogens is 126 g/mol. The molecule has 2 heteroatoms. The van der Waals surface area contributed by atoms with Crippen LogP contribution in [0.15, 0.2) is 30.7 Å². The van der Waals surface area contributed by atoms with Crippen molar-refractivity contribution in [2.75, 3.05) is 7.11 Å². The average molecular weight is 135 g/mol. The van der Waals surface area contributed by atoms with Crippen LogP contribution in [0.3, 0.4) is 0 Å². The van der Waals surface area contributed by atoms with E-state index in [1.54, 1.807) is 25.6 Å². The summed E-state index contributed by atoms with van der Waals surface area (Å²) < 4.78 is 4.73. The summed E-state index contributed by atoms with van der Waals surface area (Å²) in [5, 5.41) is 0. The minimum absolute atomic E-state index is 0.907. The predicted molar refractivity (Wildman–Crippen MR) is 40.3 cm³/mol. The summed E-state index contributed by atoms with van der Waals surface area (Å²) in [6.45, 7) is 0. The molecule has 1 aromatic rings. The van der Waals surface area contributed by atoms with E-state index in [-0.39, 0.29) is 0 Å². The van der Waals surface area contributed by atoms with E-state index < -0.39 is 0 Å². The van der Waals surface area contributed by atoms with Crippen LogP contribution in [0.5, 0.6) is 0 Å².